The minimum Gasteiger partial charge on any atom is -0.464 e. The number of hydrogen-bond acceptors (Lipinski definition) is 5. The molecule has 1 rings (SSSR count). The van der Waals surface area contributed by atoms with E-state index in [-0.39, 0.29) is 23.5 Å². The van der Waals surface area contributed by atoms with Gasteiger partial charge in [-0.05, 0) is 13.8 Å². The van der Waals surface area contributed by atoms with Gasteiger partial charge in [0.25, 0.3) is 5.24 Å². The molecule has 78 valence electrons. The zero-order valence-corrected chi connectivity index (χ0v) is 8.80. The van der Waals surface area contributed by atoms with Gasteiger partial charge in [0.05, 0.1) is 12.4 Å². The van der Waals surface area contributed by atoms with Crippen LogP contribution in [0.2, 0.25) is 0 Å². The van der Waals surface area contributed by atoms with Crippen molar-refractivity contribution in [3.05, 3.63) is 0 Å². The number of carbonyl (C=O) groups excluding carboxylic acids is 3. The Morgan fingerprint density at radius 2 is 2.29 bits per heavy atom. The molecule has 1 aliphatic heterocycles. The van der Waals surface area contributed by atoms with Gasteiger partial charge in [-0.15, -0.1) is 0 Å². The summed E-state index contributed by atoms with van der Waals surface area (Å²) in [5, 5.41) is -0.379. The number of ether oxygens (including phenoxy) is 1. The minimum absolute atomic E-state index is 0.114. The van der Waals surface area contributed by atoms with E-state index >= 15 is 0 Å². The molecule has 0 unspecified atom stereocenters. The SMILES string of the molecule is CCOC(=O)[C@@H](C)N1C(=O)CSC1=O. The van der Waals surface area contributed by atoms with Gasteiger partial charge in [0.1, 0.15) is 6.04 Å². The van der Waals surface area contributed by atoms with Crippen LogP contribution in [0.15, 0.2) is 0 Å². The highest BCUT2D eigenvalue weighted by atomic mass is 32.2. The average molecular weight is 217 g/mol. The van der Waals surface area contributed by atoms with Crippen LogP contribution in [0.25, 0.3) is 0 Å². The second kappa shape index (κ2) is 4.45. The Bertz CT molecular complexity index is 263. The number of carbonyl (C=O) groups is 3. The number of thioether (sulfide) groups is 1. The average Bonchev–Trinajstić information content (AvgIpc) is 2.46. The van der Waals surface area contributed by atoms with Crippen molar-refractivity contribution in [2.45, 2.75) is 19.9 Å². The lowest BCUT2D eigenvalue weighted by Gasteiger charge is -2.19. The molecule has 0 aliphatic carbocycles. The first-order chi connectivity index (χ1) is 6.57. The Balaban J connectivity index is 2.67. The Morgan fingerprint density at radius 1 is 1.64 bits per heavy atom. The smallest absolute Gasteiger partial charge is 0.329 e. The maximum atomic E-state index is 11.2. The molecule has 5 nitrogen and oxygen atoms in total. The van der Waals surface area contributed by atoms with Crippen LogP contribution >= 0.6 is 11.8 Å². The summed E-state index contributed by atoms with van der Waals surface area (Å²) in [5.41, 5.74) is 0. The molecule has 1 aliphatic rings. The summed E-state index contributed by atoms with van der Waals surface area (Å²) in [7, 11) is 0. The fraction of sp³-hybridized carbons (Fsp3) is 0.625. The van der Waals surface area contributed by atoms with Crippen molar-refractivity contribution in [2.75, 3.05) is 12.4 Å². The van der Waals surface area contributed by atoms with Gasteiger partial charge in [-0.1, -0.05) is 11.8 Å². The van der Waals surface area contributed by atoms with Crippen LogP contribution in [0.3, 0.4) is 0 Å². The van der Waals surface area contributed by atoms with Crippen LogP contribution in [0.1, 0.15) is 13.8 Å². The molecule has 0 aromatic carbocycles. The first-order valence-corrected chi connectivity index (χ1v) is 5.22. The monoisotopic (exact) mass is 217 g/mol. The Labute approximate surface area is 85.8 Å². The molecular weight excluding hydrogens is 206 g/mol. The summed E-state index contributed by atoms with van der Waals surface area (Å²) < 4.78 is 4.72. The van der Waals surface area contributed by atoms with E-state index in [1.807, 2.05) is 0 Å². The fourth-order valence-electron chi connectivity index (χ4n) is 1.11. The number of esters is 1. The normalized spacial score (nSPS) is 18.6. The van der Waals surface area contributed by atoms with E-state index in [0.29, 0.717) is 0 Å². The zero-order chi connectivity index (χ0) is 10.7. The van der Waals surface area contributed by atoms with E-state index in [4.69, 9.17) is 4.74 Å². The van der Waals surface area contributed by atoms with E-state index in [0.717, 1.165) is 16.7 Å². The van der Waals surface area contributed by atoms with E-state index in [1.54, 1.807) is 6.92 Å². The highest BCUT2D eigenvalue weighted by molar-refractivity contribution is 8.14. The third kappa shape index (κ3) is 2.06. The van der Waals surface area contributed by atoms with Crippen LogP contribution in [-0.4, -0.2) is 40.4 Å². The molecule has 0 saturated carbocycles. The first-order valence-electron chi connectivity index (χ1n) is 4.23. The molecule has 0 aromatic heterocycles. The molecule has 0 radical (unpaired) electrons. The highest BCUT2D eigenvalue weighted by Gasteiger charge is 2.37. The second-order valence-corrected chi connectivity index (χ2v) is 3.67. The first kappa shape index (κ1) is 11.0. The van der Waals surface area contributed by atoms with Crippen LogP contribution < -0.4 is 0 Å². The molecule has 1 saturated heterocycles. The van der Waals surface area contributed by atoms with E-state index in [2.05, 4.69) is 0 Å². The largest absolute Gasteiger partial charge is 0.464 e. The lowest BCUT2D eigenvalue weighted by Crippen LogP contribution is -2.43. The third-order valence-electron chi connectivity index (χ3n) is 1.80. The number of hydrogen-bond donors (Lipinski definition) is 0. The molecule has 6 heteroatoms. The molecule has 0 aromatic rings. The standard InChI is InChI=1S/C8H11NO4S/c1-3-13-7(11)5(2)9-6(10)4-14-8(9)12/h5H,3-4H2,1-2H3/t5-/m1/s1. The van der Waals surface area contributed by atoms with Crippen LogP contribution in [0.4, 0.5) is 4.79 Å². The quantitative estimate of drug-likeness (QED) is 0.649. The second-order valence-electron chi connectivity index (χ2n) is 2.75. The van der Waals surface area contributed by atoms with Crippen LogP contribution in [0, 0.1) is 0 Å². The van der Waals surface area contributed by atoms with Gasteiger partial charge in [0.2, 0.25) is 5.91 Å². The molecular formula is C8H11NO4S. The van der Waals surface area contributed by atoms with E-state index in [1.165, 1.54) is 6.92 Å². The molecule has 1 atom stereocenters. The molecule has 2 amide bonds. The van der Waals surface area contributed by atoms with Gasteiger partial charge in [0, 0.05) is 0 Å². The summed E-state index contributed by atoms with van der Waals surface area (Å²) in [6.45, 7) is 3.40. The van der Waals surface area contributed by atoms with Crippen molar-refractivity contribution >= 4 is 28.9 Å². The van der Waals surface area contributed by atoms with Crippen LogP contribution in [-0.2, 0) is 14.3 Å². The molecule has 0 bridgehead atoms. The molecule has 0 spiro atoms. The van der Waals surface area contributed by atoms with Crippen LogP contribution in [0.5, 0.6) is 0 Å². The zero-order valence-electron chi connectivity index (χ0n) is 7.98. The number of amides is 2. The Hall–Kier alpha value is -1.04. The fourth-order valence-corrected chi connectivity index (χ4v) is 1.89. The number of imide groups is 1. The van der Waals surface area contributed by atoms with Gasteiger partial charge in [-0.2, -0.15) is 0 Å². The predicted octanol–water partition coefficient (Wildman–Crippen LogP) is 0.633. The minimum atomic E-state index is -0.815. The highest BCUT2D eigenvalue weighted by Crippen LogP contribution is 2.21. The summed E-state index contributed by atoms with van der Waals surface area (Å²) in [6.07, 6.45) is 0. The molecule has 0 N–H and O–H groups in total. The van der Waals surface area contributed by atoms with E-state index in [9.17, 15) is 14.4 Å². The summed E-state index contributed by atoms with van der Waals surface area (Å²) in [5.74, 6) is -0.764. The van der Waals surface area contributed by atoms with Gasteiger partial charge in [-0.3, -0.25) is 14.5 Å². The Morgan fingerprint density at radius 3 is 2.71 bits per heavy atom. The maximum absolute atomic E-state index is 11.2. The predicted molar refractivity (Wildman–Crippen MR) is 50.8 cm³/mol. The van der Waals surface area contributed by atoms with Crippen molar-refractivity contribution in [3.63, 3.8) is 0 Å². The van der Waals surface area contributed by atoms with Crippen molar-refractivity contribution in [2.24, 2.45) is 0 Å². The molecule has 1 heterocycles. The van der Waals surface area contributed by atoms with Gasteiger partial charge >= 0.3 is 5.97 Å². The van der Waals surface area contributed by atoms with Crippen molar-refractivity contribution in [1.82, 2.24) is 4.90 Å². The van der Waals surface area contributed by atoms with Crippen molar-refractivity contribution in [3.8, 4) is 0 Å². The molecule has 1 fully saturated rings. The summed E-state index contributed by atoms with van der Waals surface area (Å²) >= 11 is 0.907. The maximum Gasteiger partial charge on any atom is 0.329 e. The van der Waals surface area contributed by atoms with Gasteiger partial charge in [-0.25, -0.2) is 4.79 Å². The number of nitrogens with zero attached hydrogens (tertiary/aromatic N) is 1. The van der Waals surface area contributed by atoms with E-state index < -0.39 is 12.0 Å². The Kier molecular flexibility index (Phi) is 3.51. The summed E-state index contributed by atoms with van der Waals surface area (Å²) in [4.78, 5) is 34.6. The van der Waals surface area contributed by atoms with Crippen molar-refractivity contribution in [1.29, 1.82) is 0 Å². The van der Waals surface area contributed by atoms with Gasteiger partial charge in [0.15, 0.2) is 0 Å². The number of rotatable bonds is 3. The lowest BCUT2D eigenvalue weighted by molar-refractivity contribution is -0.150. The third-order valence-corrected chi connectivity index (χ3v) is 2.63. The summed E-state index contributed by atoms with van der Waals surface area (Å²) in [6, 6.07) is -0.815. The topological polar surface area (TPSA) is 63.7 Å². The molecule has 14 heavy (non-hydrogen) atoms. The lowest BCUT2D eigenvalue weighted by atomic mass is 10.3. The van der Waals surface area contributed by atoms with Gasteiger partial charge < -0.3 is 4.74 Å². The van der Waals surface area contributed by atoms with Crippen molar-refractivity contribution < 1.29 is 19.1 Å².